The van der Waals surface area contributed by atoms with Crippen molar-refractivity contribution in [2.75, 3.05) is 33.7 Å². The summed E-state index contributed by atoms with van der Waals surface area (Å²) in [4.78, 5) is 27.5. The van der Waals surface area contributed by atoms with Gasteiger partial charge in [0, 0.05) is 46.6 Å². The average molecular weight is 265 g/mol. The van der Waals surface area contributed by atoms with Crippen molar-refractivity contribution in [1.29, 1.82) is 0 Å². The Morgan fingerprint density at radius 2 is 2.16 bits per heavy atom. The minimum atomic E-state index is -0.371. The highest BCUT2D eigenvalue weighted by atomic mass is 16.2. The molecule has 0 aliphatic carbocycles. The normalized spacial score (nSPS) is 18.8. The van der Waals surface area contributed by atoms with Gasteiger partial charge in [-0.25, -0.2) is 0 Å². The highest BCUT2D eigenvalue weighted by molar-refractivity contribution is 5.87. The summed E-state index contributed by atoms with van der Waals surface area (Å²) in [6.07, 6.45) is 8.00. The van der Waals surface area contributed by atoms with Crippen LogP contribution in [0.15, 0.2) is 0 Å². The Bertz CT molecular complexity index is 360. The molecule has 1 atom stereocenters. The number of terminal acetylenes is 1. The number of carbonyl (C=O) groups excluding carboxylic acids is 2. The largest absolute Gasteiger partial charge is 0.347 e. The minimum Gasteiger partial charge on any atom is -0.347 e. The fraction of sp³-hybridized carbons (Fsp3) is 0.714. The molecular formula is C14H23N3O2. The summed E-state index contributed by atoms with van der Waals surface area (Å²) in [5.74, 6) is 2.60. The highest BCUT2D eigenvalue weighted by Gasteiger charge is 2.32. The second-order valence-corrected chi connectivity index (χ2v) is 4.95. The van der Waals surface area contributed by atoms with Crippen molar-refractivity contribution in [2.45, 2.75) is 31.7 Å². The molecule has 106 valence electrons. The Morgan fingerprint density at radius 3 is 2.79 bits per heavy atom. The first-order valence-corrected chi connectivity index (χ1v) is 6.72. The molecule has 0 aromatic rings. The van der Waals surface area contributed by atoms with E-state index in [4.69, 9.17) is 6.42 Å². The van der Waals surface area contributed by atoms with Crippen LogP contribution in [0.4, 0.5) is 0 Å². The topological polar surface area (TPSA) is 52.7 Å². The third kappa shape index (κ3) is 4.56. The molecule has 19 heavy (non-hydrogen) atoms. The van der Waals surface area contributed by atoms with Gasteiger partial charge in [-0.15, -0.1) is 12.3 Å². The Morgan fingerprint density at radius 1 is 1.42 bits per heavy atom. The van der Waals surface area contributed by atoms with E-state index in [0.29, 0.717) is 25.9 Å². The lowest BCUT2D eigenvalue weighted by atomic mass is 10.1. The lowest BCUT2D eigenvalue weighted by molar-refractivity contribution is -0.145. The third-order valence-corrected chi connectivity index (χ3v) is 3.25. The molecule has 1 N–H and O–H groups in total. The smallest absolute Gasteiger partial charge is 0.246 e. The Balaban J connectivity index is 2.54. The van der Waals surface area contributed by atoms with Crippen LogP contribution in [0.1, 0.15) is 25.7 Å². The maximum Gasteiger partial charge on any atom is 0.246 e. The van der Waals surface area contributed by atoms with E-state index >= 15 is 0 Å². The first-order chi connectivity index (χ1) is 9.07. The van der Waals surface area contributed by atoms with Gasteiger partial charge in [-0.1, -0.05) is 0 Å². The van der Waals surface area contributed by atoms with Crippen molar-refractivity contribution < 1.29 is 9.59 Å². The quantitative estimate of drug-likeness (QED) is 0.565. The van der Waals surface area contributed by atoms with E-state index in [1.807, 2.05) is 0 Å². The molecule has 1 rings (SSSR count). The number of amides is 2. The molecular weight excluding hydrogens is 242 g/mol. The van der Waals surface area contributed by atoms with Gasteiger partial charge in [0.1, 0.15) is 6.04 Å². The molecule has 5 nitrogen and oxygen atoms in total. The molecule has 0 aromatic carbocycles. The summed E-state index contributed by atoms with van der Waals surface area (Å²) < 4.78 is 0. The molecule has 1 heterocycles. The van der Waals surface area contributed by atoms with Gasteiger partial charge in [-0.05, 0) is 12.8 Å². The zero-order valence-corrected chi connectivity index (χ0v) is 11.8. The zero-order chi connectivity index (χ0) is 14.3. The fourth-order valence-electron chi connectivity index (χ4n) is 2.17. The summed E-state index contributed by atoms with van der Waals surface area (Å²) in [5, 5.41) is 3.16. The van der Waals surface area contributed by atoms with Crippen LogP contribution in [-0.2, 0) is 9.59 Å². The van der Waals surface area contributed by atoms with Gasteiger partial charge in [-0.3, -0.25) is 9.59 Å². The van der Waals surface area contributed by atoms with Gasteiger partial charge < -0.3 is 15.1 Å². The minimum absolute atomic E-state index is 0.0239. The predicted octanol–water partition coefficient (Wildman–Crippen LogP) is 0.0686. The van der Waals surface area contributed by atoms with Gasteiger partial charge in [0.2, 0.25) is 11.8 Å². The van der Waals surface area contributed by atoms with Gasteiger partial charge >= 0.3 is 0 Å². The standard InChI is InChI=1S/C14H23N3O2/c1-4-5-6-7-8-13(18)17-10-9-15-11-12(17)14(19)16(2)3/h1,12,15H,5-11H2,2-3H3. The van der Waals surface area contributed by atoms with Crippen LogP contribution in [0.25, 0.3) is 0 Å². The van der Waals surface area contributed by atoms with Crippen molar-refractivity contribution in [3.05, 3.63) is 0 Å². The predicted molar refractivity (Wildman–Crippen MR) is 74.4 cm³/mol. The van der Waals surface area contributed by atoms with Crippen LogP contribution in [0.2, 0.25) is 0 Å². The van der Waals surface area contributed by atoms with Crippen molar-refractivity contribution in [2.24, 2.45) is 0 Å². The van der Waals surface area contributed by atoms with Crippen molar-refractivity contribution in [3.63, 3.8) is 0 Å². The molecule has 0 spiro atoms. The zero-order valence-electron chi connectivity index (χ0n) is 11.8. The number of likely N-dealkylation sites (N-methyl/N-ethyl adjacent to an activating group) is 1. The summed E-state index contributed by atoms with van der Waals surface area (Å²) in [7, 11) is 3.43. The fourth-order valence-corrected chi connectivity index (χ4v) is 2.17. The number of rotatable bonds is 5. The number of piperazine rings is 1. The maximum atomic E-state index is 12.2. The number of nitrogens with zero attached hydrogens (tertiary/aromatic N) is 2. The Hall–Kier alpha value is -1.54. The van der Waals surface area contributed by atoms with E-state index in [1.54, 1.807) is 19.0 Å². The van der Waals surface area contributed by atoms with Crippen LogP contribution >= 0.6 is 0 Å². The van der Waals surface area contributed by atoms with Crippen LogP contribution in [0, 0.1) is 12.3 Å². The summed E-state index contributed by atoms with van der Waals surface area (Å²) in [5.41, 5.74) is 0. The van der Waals surface area contributed by atoms with Crippen molar-refractivity contribution >= 4 is 11.8 Å². The first kappa shape index (κ1) is 15.5. The van der Waals surface area contributed by atoms with E-state index in [-0.39, 0.29) is 17.9 Å². The van der Waals surface area contributed by atoms with Gasteiger partial charge in [-0.2, -0.15) is 0 Å². The van der Waals surface area contributed by atoms with E-state index in [0.717, 1.165) is 19.4 Å². The molecule has 5 heteroatoms. The average Bonchev–Trinajstić information content (AvgIpc) is 2.42. The molecule has 1 fully saturated rings. The van der Waals surface area contributed by atoms with Crippen molar-refractivity contribution in [3.8, 4) is 12.3 Å². The number of hydrogen-bond donors (Lipinski definition) is 1. The molecule has 0 radical (unpaired) electrons. The van der Waals surface area contributed by atoms with Crippen molar-refractivity contribution in [1.82, 2.24) is 15.1 Å². The monoisotopic (exact) mass is 265 g/mol. The summed E-state index contributed by atoms with van der Waals surface area (Å²) >= 11 is 0. The molecule has 0 saturated carbocycles. The second-order valence-electron chi connectivity index (χ2n) is 4.95. The molecule has 1 unspecified atom stereocenters. The first-order valence-electron chi connectivity index (χ1n) is 6.72. The van der Waals surface area contributed by atoms with E-state index < -0.39 is 0 Å². The Kier molecular flexibility index (Phi) is 6.37. The van der Waals surface area contributed by atoms with E-state index in [1.165, 1.54) is 4.90 Å². The van der Waals surface area contributed by atoms with Gasteiger partial charge in [0.15, 0.2) is 0 Å². The maximum absolute atomic E-state index is 12.2. The number of unbranched alkanes of at least 4 members (excludes halogenated alkanes) is 2. The van der Waals surface area contributed by atoms with E-state index in [2.05, 4.69) is 11.2 Å². The Labute approximate surface area is 115 Å². The third-order valence-electron chi connectivity index (χ3n) is 3.25. The number of carbonyl (C=O) groups is 2. The summed E-state index contributed by atoms with van der Waals surface area (Å²) in [6, 6.07) is -0.371. The van der Waals surface area contributed by atoms with Gasteiger partial charge in [0.25, 0.3) is 0 Å². The van der Waals surface area contributed by atoms with Crippen LogP contribution in [-0.4, -0.2) is 61.4 Å². The lowest BCUT2D eigenvalue weighted by Crippen LogP contribution is -2.59. The molecule has 1 aliphatic heterocycles. The highest BCUT2D eigenvalue weighted by Crippen LogP contribution is 2.10. The lowest BCUT2D eigenvalue weighted by Gasteiger charge is -2.36. The van der Waals surface area contributed by atoms with Gasteiger partial charge in [0.05, 0.1) is 0 Å². The van der Waals surface area contributed by atoms with Crippen LogP contribution in [0.5, 0.6) is 0 Å². The number of hydrogen-bond acceptors (Lipinski definition) is 3. The molecule has 0 bridgehead atoms. The molecule has 1 saturated heterocycles. The molecule has 1 aliphatic rings. The second kappa shape index (κ2) is 7.80. The molecule has 0 aromatic heterocycles. The van der Waals surface area contributed by atoms with Crippen LogP contribution < -0.4 is 5.32 Å². The SMILES string of the molecule is C#CCCCCC(=O)N1CCNCC1C(=O)N(C)C. The summed E-state index contributed by atoms with van der Waals surface area (Å²) in [6.45, 7) is 1.87. The number of nitrogens with one attached hydrogen (secondary N) is 1. The van der Waals surface area contributed by atoms with E-state index in [9.17, 15) is 9.59 Å². The molecule has 2 amide bonds. The van der Waals surface area contributed by atoms with Crippen LogP contribution in [0.3, 0.4) is 0 Å².